The largest absolute Gasteiger partial charge is 0.416 e. The molecule has 0 saturated carbocycles. The van der Waals surface area contributed by atoms with Crippen LogP contribution < -0.4 is 10.6 Å². The molecule has 0 heterocycles. The van der Waals surface area contributed by atoms with Crippen molar-refractivity contribution in [3.8, 4) is 0 Å². The minimum atomic E-state index is -5.09. The lowest BCUT2D eigenvalue weighted by Crippen LogP contribution is -2.21. The fourth-order valence-electron chi connectivity index (χ4n) is 2.05. The number of hydrogen-bond donors (Lipinski definition) is 3. The summed E-state index contributed by atoms with van der Waals surface area (Å²) in [4.78, 5) is 11.3. The number of urea groups is 1. The van der Waals surface area contributed by atoms with E-state index in [0.29, 0.717) is 12.1 Å². The van der Waals surface area contributed by atoms with Crippen LogP contribution in [0.15, 0.2) is 47.4 Å². The van der Waals surface area contributed by atoms with Crippen molar-refractivity contribution < 1.29 is 44.1 Å². The maximum Gasteiger partial charge on any atom is 0.416 e. The van der Waals surface area contributed by atoms with Gasteiger partial charge in [-0.05, 0) is 36.4 Å². The molecule has 0 aliphatic heterocycles. The van der Waals surface area contributed by atoms with Crippen LogP contribution in [0.3, 0.4) is 0 Å². The molecule has 0 atom stereocenters. The number of carbonyl (C=O) groups is 1. The van der Waals surface area contributed by atoms with Gasteiger partial charge in [-0.3, -0.25) is 4.55 Å². The van der Waals surface area contributed by atoms with E-state index in [1.165, 1.54) is 6.07 Å². The quantitative estimate of drug-likeness (QED) is 0.491. The number of hydrogen-bond acceptors (Lipinski definition) is 3. The Balaban J connectivity index is 2.29. The molecule has 0 aromatic heterocycles. The second-order valence-electron chi connectivity index (χ2n) is 5.38. The smallest absolute Gasteiger partial charge is 0.308 e. The third-order valence-electron chi connectivity index (χ3n) is 3.24. The van der Waals surface area contributed by atoms with Crippen molar-refractivity contribution in [2.45, 2.75) is 17.2 Å². The Labute approximate surface area is 153 Å². The van der Waals surface area contributed by atoms with Crippen LogP contribution in [-0.2, 0) is 22.5 Å². The number of nitrogens with one attached hydrogen (secondary N) is 2. The summed E-state index contributed by atoms with van der Waals surface area (Å²) >= 11 is 0. The molecular weight excluding hydrogens is 418 g/mol. The number of alkyl halides is 6. The molecule has 2 aromatic rings. The van der Waals surface area contributed by atoms with E-state index in [-0.39, 0.29) is 11.8 Å². The van der Waals surface area contributed by atoms with Gasteiger partial charge in [-0.1, -0.05) is 6.07 Å². The molecule has 0 saturated heterocycles. The molecule has 0 aliphatic rings. The minimum Gasteiger partial charge on any atom is -0.308 e. The fraction of sp³-hybridized carbons (Fsp3) is 0.133. The van der Waals surface area contributed by atoms with Crippen molar-refractivity contribution in [1.29, 1.82) is 0 Å². The average molecular weight is 428 g/mol. The molecule has 0 unspecified atom stereocenters. The normalized spacial score (nSPS) is 12.5. The highest BCUT2D eigenvalue weighted by Crippen LogP contribution is 2.37. The van der Waals surface area contributed by atoms with Crippen LogP contribution in [0.1, 0.15) is 11.1 Å². The summed E-state index contributed by atoms with van der Waals surface area (Å²) < 4.78 is 108. The van der Waals surface area contributed by atoms with Crippen molar-refractivity contribution >= 4 is 27.5 Å². The van der Waals surface area contributed by atoms with Gasteiger partial charge in [0.1, 0.15) is 0 Å². The number of carbonyl (C=O) groups excluding carboxylic acids is 1. The van der Waals surface area contributed by atoms with Gasteiger partial charge in [0.15, 0.2) is 0 Å². The molecule has 28 heavy (non-hydrogen) atoms. The van der Waals surface area contributed by atoms with Gasteiger partial charge >= 0.3 is 18.4 Å². The van der Waals surface area contributed by atoms with Gasteiger partial charge in [-0.2, -0.15) is 34.8 Å². The van der Waals surface area contributed by atoms with Crippen LogP contribution in [0.2, 0.25) is 0 Å². The SMILES string of the molecule is O=C(Nc1cc(C(F)(F)F)cc(C(F)(F)F)c1)Nc1cccc(S(=O)(=O)O)c1. The summed E-state index contributed by atoms with van der Waals surface area (Å²) in [6.45, 7) is 0. The van der Waals surface area contributed by atoms with Crippen LogP contribution in [0, 0.1) is 0 Å². The minimum absolute atomic E-state index is 0.0985. The molecule has 0 spiro atoms. The molecule has 0 fully saturated rings. The Bertz CT molecular complexity index is 970. The molecule has 0 aliphatic carbocycles. The van der Waals surface area contributed by atoms with Crippen molar-refractivity contribution in [2.24, 2.45) is 0 Å². The van der Waals surface area contributed by atoms with E-state index >= 15 is 0 Å². The van der Waals surface area contributed by atoms with Crippen molar-refractivity contribution in [3.05, 3.63) is 53.6 Å². The summed E-state index contributed by atoms with van der Waals surface area (Å²) in [5.74, 6) is 0. The lowest BCUT2D eigenvalue weighted by atomic mass is 10.1. The van der Waals surface area contributed by atoms with E-state index in [0.717, 1.165) is 18.2 Å². The molecule has 0 bridgehead atoms. The zero-order valence-corrected chi connectivity index (χ0v) is 14.2. The van der Waals surface area contributed by atoms with Crippen LogP contribution in [0.25, 0.3) is 0 Å². The highest BCUT2D eigenvalue weighted by molar-refractivity contribution is 7.85. The lowest BCUT2D eigenvalue weighted by molar-refractivity contribution is -0.143. The molecule has 13 heteroatoms. The van der Waals surface area contributed by atoms with Gasteiger partial charge in [-0.15, -0.1) is 0 Å². The third kappa shape index (κ3) is 5.60. The number of halogens is 6. The van der Waals surface area contributed by atoms with Gasteiger partial charge in [0.2, 0.25) is 0 Å². The standard InChI is InChI=1S/C15H10F6N2O4S/c16-14(17,18)8-4-9(15(19,20)21)6-11(5-8)23-13(24)22-10-2-1-3-12(7-10)28(25,26)27/h1-7H,(H2,22,23,24)(H,25,26,27). The second-order valence-corrected chi connectivity index (χ2v) is 6.80. The number of rotatable bonds is 3. The zero-order valence-electron chi connectivity index (χ0n) is 13.4. The monoisotopic (exact) mass is 428 g/mol. The van der Waals surface area contributed by atoms with E-state index in [9.17, 15) is 39.6 Å². The first-order chi connectivity index (χ1) is 12.7. The van der Waals surface area contributed by atoms with E-state index in [4.69, 9.17) is 4.55 Å². The Morgan fingerprint density at radius 2 is 1.32 bits per heavy atom. The highest BCUT2D eigenvalue weighted by Gasteiger charge is 2.37. The molecular formula is C15H10F6N2O4S. The van der Waals surface area contributed by atoms with Gasteiger partial charge in [0.05, 0.1) is 16.0 Å². The molecule has 2 rings (SSSR count). The first-order valence-electron chi connectivity index (χ1n) is 7.11. The summed E-state index contributed by atoms with van der Waals surface area (Å²) in [5, 5.41) is 3.84. The Morgan fingerprint density at radius 1 is 0.821 bits per heavy atom. The molecule has 152 valence electrons. The topological polar surface area (TPSA) is 95.5 Å². The first-order valence-corrected chi connectivity index (χ1v) is 8.55. The predicted molar refractivity (Wildman–Crippen MR) is 85.3 cm³/mol. The molecule has 2 aromatic carbocycles. The van der Waals surface area contributed by atoms with E-state index in [2.05, 4.69) is 0 Å². The summed E-state index contributed by atoms with van der Waals surface area (Å²) in [6.07, 6.45) is -10.2. The number of benzene rings is 2. The Hall–Kier alpha value is -2.80. The van der Waals surface area contributed by atoms with Crippen molar-refractivity contribution in [3.63, 3.8) is 0 Å². The van der Waals surface area contributed by atoms with E-state index in [1.807, 2.05) is 10.6 Å². The maximum absolute atomic E-state index is 12.8. The van der Waals surface area contributed by atoms with Crippen LogP contribution in [-0.4, -0.2) is 19.0 Å². The van der Waals surface area contributed by atoms with Gasteiger partial charge in [-0.25, -0.2) is 4.79 Å². The first kappa shape index (κ1) is 21.5. The molecule has 3 N–H and O–H groups in total. The average Bonchev–Trinajstić information content (AvgIpc) is 2.52. The van der Waals surface area contributed by atoms with Crippen LogP contribution in [0.4, 0.5) is 42.5 Å². The fourth-order valence-corrected chi connectivity index (χ4v) is 2.58. The Kier molecular flexibility index (Phi) is 5.62. The van der Waals surface area contributed by atoms with Crippen molar-refractivity contribution in [2.75, 3.05) is 10.6 Å². The number of anilines is 2. The second kappa shape index (κ2) is 7.31. The zero-order chi connectivity index (χ0) is 21.3. The lowest BCUT2D eigenvalue weighted by Gasteiger charge is -2.15. The van der Waals surface area contributed by atoms with E-state index < -0.39 is 50.2 Å². The van der Waals surface area contributed by atoms with Gasteiger partial charge < -0.3 is 10.6 Å². The highest BCUT2D eigenvalue weighted by atomic mass is 32.2. The Morgan fingerprint density at radius 3 is 1.79 bits per heavy atom. The van der Waals surface area contributed by atoms with E-state index in [1.54, 1.807) is 0 Å². The predicted octanol–water partition coefficient (Wildman–Crippen LogP) is 4.61. The molecule has 2 amide bonds. The van der Waals surface area contributed by atoms with Crippen LogP contribution in [0.5, 0.6) is 0 Å². The third-order valence-corrected chi connectivity index (χ3v) is 4.08. The number of amides is 2. The van der Waals surface area contributed by atoms with Crippen molar-refractivity contribution in [1.82, 2.24) is 0 Å². The molecule has 6 nitrogen and oxygen atoms in total. The summed E-state index contributed by atoms with van der Waals surface area (Å²) in [5.41, 5.74) is -4.21. The van der Waals surface area contributed by atoms with Gasteiger partial charge in [0, 0.05) is 11.4 Å². The summed E-state index contributed by atoms with van der Waals surface area (Å²) in [6, 6.07) is 3.45. The summed E-state index contributed by atoms with van der Waals surface area (Å²) in [7, 11) is -4.59. The maximum atomic E-state index is 12.8. The molecule has 0 radical (unpaired) electrons. The van der Waals surface area contributed by atoms with Gasteiger partial charge in [0.25, 0.3) is 10.1 Å². The van der Waals surface area contributed by atoms with Crippen LogP contribution >= 0.6 is 0 Å².